The van der Waals surface area contributed by atoms with Crippen molar-refractivity contribution in [3.8, 4) is 0 Å². The fourth-order valence-electron chi connectivity index (χ4n) is 3.70. The molecule has 0 aliphatic heterocycles. The summed E-state index contributed by atoms with van der Waals surface area (Å²) in [5, 5.41) is 0. The first-order chi connectivity index (χ1) is 12.3. The number of aryl methyl sites for hydroxylation is 2. The van der Waals surface area contributed by atoms with Gasteiger partial charge >= 0.3 is 5.69 Å². The fraction of sp³-hybridized carbons (Fsp3) is 0.632. The van der Waals surface area contributed by atoms with E-state index in [2.05, 4.69) is 32.3 Å². The Morgan fingerprint density at radius 1 is 1.08 bits per heavy atom. The Hall–Kier alpha value is -2.31. The molecule has 0 amide bonds. The third kappa shape index (κ3) is 2.52. The summed E-state index contributed by atoms with van der Waals surface area (Å²) in [7, 11) is 1.70. The molecule has 0 saturated heterocycles. The van der Waals surface area contributed by atoms with E-state index in [0.29, 0.717) is 17.7 Å². The van der Waals surface area contributed by atoms with Crippen LogP contribution in [0.4, 0.5) is 0 Å². The van der Waals surface area contributed by atoms with E-state index in [-0.39, 0.29) is 17.3 Å². The number of hydrogen-bond donors (Lipinski definition) is 0. The van der Waals surface area contributed by atoms with Crippen LogP contribution in [0.3, 0.4) is 0 Å². The van der Waals surface area contributed by atoms with E-state index < -0.39 is 0 Å². The topological polar surface area (TPSA) is 66.2 Å². The maximum atomic E-state index is 13.2. The molecule has 3 aromatic heterocycles. The van der Waals surface area contributed by atoms with Gasteiger partial charge in [0.1, 0.15) is 0 Å². The molecule has 3 rings (SSSR count). The zero-order valence-corrected chi connectivity index (χ0v) is 16.7. The molecule has 0 N–H and O–H groups in total. The SMILES string of the molecule is CCCCCn1c(=O)c2c(nc3n([C@H](C)CC)c(C)c(C)n23)n(C)c1=O. The van der Waals surface area contributed by atoms with Crippen molar-refractivity contribution >= 4 is 16.9 Å². The van der Waals surface area contributed by atoms with E-state index in [4.69, 9.17) is 4.98 Å². The fourth-order valence-corrected chi connectivity index (χ4v) is 3.70. The smallest absolute Gasteiger partial charge is 0.311 e. The number of nitrogens with zero attached hydrogens (tertiary/aromatic N) is 5. The van der Waals surface area contributed by atoms with E-state index in [1.807, 2.05) is 11.3 Å². The van der Waals surface area contributed by atoms with Gasteiger partial charge in [-0.2, -0.15) is 4.98 Å². The zero-order valence-electron chi connectivity index (χ0n) is 16.7. The third-order valence-corrected chi connectivity index (χ3v) is 5.58. The van der Waals surface area contributed by atoms with Gasteiger partial charge in [0.15, 0.2) is 11.2 Å². The number of rotatable bonds is 6. The van der Waals surface area contributed by atoms with Crippen molar-refractivity contribution in [1.82, 2.24) is 23.1 Å². The van der Waals surface area contributed by atoms with Crippen LogP contribution in [0, 0.1) is 13.8 Å². The Labute approximate surface area is 152 Å². The number of aromatic nitrogens is 5. The summed E-state index contributed by atoms with van der Waals surface area (Å²) < 4.78 is 6.96. The van der Waals surface area contributed by atoms with Gasteiger partial charge in [0.05, 0.1) is 0 Å². The molecule has 26 heavy (non-hydrogen) atoms. The molecule has 7 nitrogen and oxygen atoms in total. The lowest BCUT2D eigenvalue weighted by molar-refractivity contribution is 0.532. The maximum absolute atomic E-state index is 13.2. The van der Waals surface area contributed by atoms with Crippen LogP contribution in [0.5, 0.6) is 0 Å². The number of imidazole rings is 2. The molecule has 3 aromatic rings. The Balaban J connectivity index is 2.40. The first-order valence-corrected chi connectivity index (χ1v) is 9.54. The van der Waals surface area contributed by atoms with Crippen molar-refractivity contribution in [3.05, 3.63) is 32.2 Å². The predicted molar refractivity (Wildman–Crippen MR) is 104 cm³/mol. The summed E-state index contributed by atoms with van der Waals surface area (Å²) in [6, 6.07) is 0.270. The van der Waals surface area contributed by atoms with Gasteiger partial charge in [0.2, 0.25) is 5.78 Å². The second kappa shape index (κ2) is 6.78. The second-order valence-corrected chi connectivity index (χ2v) is 7.22. The van der Waals surface area contributed by atoms with Gasteiger partial charge in [-0.15, -0.1) is 0 Å². The van der Waals surface area contributed by atoms with Crippen LogP contribution in [0.1, 0.15) is 63.9 Å². The molecule has 0 aliphatic rings. The van der Waals surface area contributed by atoms with E-state index in [1.165, 1.54) is 9.13 Å². The van der Waals surface area contributed by atoms with Crippen LogP contribution in [-0.4, -0.2) is 23.1 Å². The van der Waals surface area contributed by atoms with Crippen molar-refractivity contribution < 1.29 is 0 Å². The minimum absolute atomic E-state index is 0.240. The Morgan fingerprint density at radius 2 is 1.77 bits per heavy atom. The standard InChI is InChI=1S/C19H29N5O2/c1-7-9-10-11-22-17(25)15-16(21(6)19(22)26)20-18-23(12(3)8-2)13(4)14(5)24(15)18/h12H,7-11H2,1-6H3/t12-/m1/s1. The molecule has 1 atom stereocenters. The Morgan fingerprint density at radius 3 is 2.38 bits per heavy atom. The lowest BCUT2D eigenvalue weighted by atomic mass is 10.2. The molecular formula is C19H29N5O2. The van der Waals surface area contributed by atoms with Crippen LogP contribution < -0.4 is 11.2 Å². The molecule has 0 saturated carbocycles. The molecule has 0 aromatic carbocycles. The highest BCUT2D eigenvalue weighted by molar-refractivity contribution is 5.76. The Bertz CT molecular complexity index is 1080. The number of unbranched alkanes of at least 4 members (excludes halogenated alkanes) is 2. The predicted octanol–water partition coefficient (Wildman–Crippen LogP) is 2.93. The van der Waals surface area contributed by atoms with E-state index in [1.54, 1.807) is 7.05 Å². The zero-order chi connectivity index (χ0) is 19.2. The van der Waals surface area contributed by atoms with Crippen LogP contribution >= 0.6 is 0 Å². The monoisotopic (exact) mass is 359 g/mol. The van der Waals surface area contributed by atoms with Gasteiger partial charge < -0.3 is 4.57 Å². The second-order valence-electron chi connectivity index (χ2n) is 7.22. The maximum Gasteiger partial charge on any atom is 0.332 e. The highest BCUT2D eigenvalue weighted by Crippen LogP contribution is 2.25. The molecule has 0 spiro atoms. The highest BCUT2D eigenvalue weighted by Gasteiger charge is 2.23. The summed E-state index contributed by atoms with van der Waals surface area (Å²) >= 11 is 0. The largest absolute Gasteiger partial charge is 0.332 e. The van der Waals surface area contributed by atoms with Gasteiger partial charge in [0.25, 0.3) is 5.56 Å². The van der Waals surface area contributed by atoms with Crippen LogP contribution in [0.2, 0.25) is 0 Å². The van der Waals surface area contributed by atoms with Crippen LogP contribution in [-0.2, 0) is 13.6 Å². The van der Waals surface area contributed by atoms with Gasteiger partial charge in [-0.1, -0.05) is 26.7 Å². The van der Waals surface area contributed by atoms with Gasteiger partial charge in [-0.3, -0.25) is 18.3 Å². The van der Waals surface area contributed by atoms with Crippen molar-refractivity contribution in [2.45, 2.75) is 72.9 Å². The van der Waals surface area contributed by atoms with Crippen molar-refractivity contribution in [2.75, 3.05) is 0 Å². The van der Waals surface area contributed by atoms with E-state index in [0.717, 1.165) is 42.8 Å². The van der Waals surface area contributed by atoms with Crippen molar-refractivity contribution in [2.24, 2.45) is 7.05 Å². The molecule has 0 bridgehead atoms. The molecule has 0 aliphatic carbocycles. The van der Waals surface area contributed by atoms with Crippen LogP contribution in [0.15, 0.2) is 9.59 Å². The summed E-state index contributed by atoms with van der Waals surface area (Å²) in [4.78, 5) is 30.6. The van der Waals surface area contributed by atoms with Gasteiger partial charge in [-0.05, 0) is 33.6 Å². The van der Waals surface area contributed by atoms with E-state index in [9.17, 15) is 9.59 Å². The molecule has 0 unspecified atom stereocenters. The third-order valence-electron chi connectivity index (χ3n) is 5.58. The van der Waals surface area contributed by atoms with E-state index >= 15 is 0 Å². The van der Waals surface area contributed by atoms with Gasteiger partial charge in [-0.25, -0.2) is 4.79 Å². The molecule has 3 heterocycles. The molecule has 0 fully saturated rings. The first-order valence-electron chi connectivity index (χ1n) is 9.54. The van der Waals surface area contributed by atoms with Crippen molar-refractivity contribution in [3.63, 3.8) is 0 Å². The first kappa shape index (κ1) is 18.5. The summed E-state index contributed by atoms with van der Waals surface area (Å²) in [6.45, 7) is 10.9. The minimum atomic E-state index is -0.288. The molecule has 142 valence electrons. The lowest BCUT2D eigenvalue weighted by Crippen LogP contribution is -2.39. The summed E-state index contributed by atoms with van der Waals surface area (Å²) in [5.41, 5.74) is 2.54. The Kier molecular flexibility index (Phi) is 4.82. The lowest BCUT2D eigenvalue weighted by Gasteiger charge is -2.13. The molecule has 7 heteroatoms. The van der Waals surface area contributed by atoms with Gasteiger partial charge in [0, 0.05) is 31.0 Å². The highest BCUT2D eigenvalue weighted by atomic mass is 16.2. The summed E-state index contributed by atoms with van der Waals surface area (Å²) in [5.74, 6) is 0.739. The van der Waals surface area contributed by atoms with Crippen molar-refractivity contribution in [1.29, 1.82) is 0 Å². The average Bonchev–Trinajstić information content (AvgIpc) is 3.12. The van der Waals surface area contributed by atoms with Crippen LogP contribution in [0.25, 0.3) is 16.9 Å². The molecule has 0 radical (unpaired) electrons. The normalized spacial score (nSPS) is 13.2. The average molecular weight is 359 g/mol. The summed E-state index contributed by atoms with van der Waals surface area (Å²) in [6.07, 6.45) is 3.83. The minimum Gasteiger partial charge on any atom is -0.311 e. The number of hydrogen-bond acceptors (Lipinski definition) is 3. The quantitative estimate of drug-likeness (QED) is 0.636. The molecular weight excluding hydrogens is 330 g/mol. The number of fused-ring (bicyclic) bond motifs is 3.